The number of aromatic nitrogens is 1. The Balaban J connectivity index is 1.54. The molecule has 2 aromatic rings. The Bertz CT molecular complexity index is 629. The number of carbonyl (C=O) groups excluding carboxylic acids is 1. The van der Waals surface area contributed by atoms with E-state index in [-0.39, 0.29) is 11.8 Å². The lowest BCUT2D eigenvalue weighted by atomic mass is 10.0. The predicted molar refractivity (Wildman–Crippen MR) is 79.0 cm³/mol. The summed E-state index contributed by atoms with van der Waals surface area (Å²) in [6.07, 6.45) is 2.48. The molecule has 1 saturated heterocycles. The molecular weight excluding hydrogens is 268 g/mol. The second-order valence-corrected chi connectivity index (χ2v) is 5.48. The average molecular weight is 288 g/mol. The second-order valence-electron chi connectivity index (χ2n) is 5.48. The molecule has 112 valence electrons. The number of amides is 1. The molecule has 1 atom stereocenters. The molecule has 0 aliphatic carbocycles. The van der Waals surface area contributed by atoms with Gasteiger partial charge in [0, 0.05) is 19.6 Å². The number of hydrogen-bond acceptors (Lipinski definition) is 4. The number of oxazole rings is 1. The first-order valence-electron chi connectivity index (χ1n) is 7.44. The minimum Gasteiger partial charge on any atom is -0.441 e. The van der Waals surface area contributed by atoms with Crippen molar-refractivity contribution in [2.24, 2.45) is 5.92 Å². The van der Waals surface area contributed by atoms with Crippen molar-refractivity contribution in [2.45, 2.75) is 26.2 Å². The molecule has 1 fully saturated rings. The highest BCUT2D eigenvalue weighted by molar-refractivity contribution is 5.79. The molecule has 0 saturated carbocycles. The molecule has 5 heteroatoms. The third kappa shape index (κ3) is 3.24. The summed E-state index contributed by atoms with van der Waals surface area (Å²) >= 11 is 0. The number of ether oxygens (including phenoxy) is 1. The van der Waals surface area contributed by atoms with Gasteiger partial charge in [-0.15, -0.1) is 0 Å². The Kier molecular flexibility index (Phi) is 4.20. The van der Waals surface area contributed by atoms with Crippen LogP contribution in [-0.2, 0) is 16.0 Å². The molecule has 1 aliphatic rings. The Morgan fingerprint density at radius 1 is 1.48 bits per heavy atom. The largest absolute Gasteiger partial charge is 0.441 e. The van der Waals surface area contributed by atoms with E-state index in [9.17, 15) is 4.79 Å². The monoisotopic (exact) mass is 288 g/mol. The molecule has 1 amide bonds. The number of carbonyl (C=O) groups is 1. The fourth-order valence-electron chi connectivity index (χ4n) is 2.62. The van der Waals surface area contributed by atoms with Crippen LogP contribution < -0.4 is 5.32 Å². The van der Waals surface area contributed by atoms with E-state index in [4.69, 9.17) is 9.15 Å². The van der Waals surface area contributed by atoms with Gasteiger partial charge in [-0.25, -0.2) is 4.98 Å². The van der Waals surface area contributed by atoms with Crippen LogP contribution in [0.15, 0.2) is 22.6 Å². The highest BCUT2D eigenvalue weighted by Gasteiger charge is 2.21. The summed E-state index contributed by atoms with van der Waals surface area (Å²) in [7, 11) is 0. The van der Waals surface area contributed by atoms with Gasteiger partial charge in [0.05, 0.1) is 12.5 Å². The van der Waals surface area contributed by atoms with E-state index in [1.165, 1.54) is 0 Å². The van der Waals surface area contributed by atoms with Crippen LogP contribution >= 0.6 is 0 Å². The number of aryl methyl sites for hydroxylation is 1. The molecule has 1 unspecified atom stereocenters. The van der Waals surface area contributed by atoms with Gasteiger partial charge in [-0.05, 0) is 31.4 Å². The molecule has 1 aliphatic heterocycles. The number of para-hydroxylation sites is 1. The van der Waals surface area contributed by atoms with Crippen molar-refractivity contribution in [2.75, 3.05) is 19.8 Å². The third-order valence-electron chi connectivity index (χ3n) is 3.83. The van der Waals surface area contributed by atoms with E-state index in [0.29, 0.717) is 25.5 Å². The van der Waals surface area contributed by atoms with Crippen LogP contribution in [0.2, 0.25) is 0 Å². The van der Waals surface area contributed by atoms with Crippen LogP contribution in [-0.4, -0.2) is 30.6 Å². The molecule has 21 heavy (non-hydrogen) atoms. The molecule has 0 radical (unpaired) electrons. The number of benzene rings is 1. The maximum absolute atomic E-state index is 12.0. The molecule has 1 aromatic carbocycles. The van der Waals surface area contributed by atoms with Crippen molar-refractivity contribution >= 4 is 17.0 Å². The summed E-state index contributed by atoms with van der Waals surface area (Å²) in [6, 6.07) is 5.88. The number of fused-ring (bicyclic) bond motifs is 1. The van der Waals surface area contributed by atoms with Gasteiger partial charge in [0.1, 0.15) is 5.52 Å². The zero-order chi connectivity index (χ0) is 14.7. The molecular formula is C16H20N2O3. The highest BCUT2D eigenvalue weighted by Crippen LogP contribution is 2.19. The molecule has 0 spiro atoms. The van der Waals surface area contributed by atoms with Crippen molar-refractivity contribution in [3.8, 4) is 0 Å². The van der Waals surface area contributed by atoms with E-state index in [1.54, 1.807) is 0 Å². The van der Waals surface area contributed by atoms with E-state index in [0.717, 1.165) is 36.1 Å². The minimum atomic E-state index is -0.00960. The molecule has 2 heterocycles. The van der Waals surface area contributed by atoms with Crippen molar-refractivity contribution in [1.29, 1.82) is 0 Å². The van der Waals surface area contributed by atoms with E-state index < -0.39 is 0 Å². The standard InChI is InChI=1S/C16H20N2O3/c1-11-4-2-6-13-15(11)18-14(21-13)7-8-17-16(19)12-5-3-9-20-10-12/h2,4,6,12H,3,5,7-10H2,1H3,(H,17,19). The maximum atomic E-state index is 12.0. The van der Waals surface area contributed by atoms with Gasteiger partial charge >= 0.3 is 0 Å². The van der Waals surface area contributed by atoms with Gasteiger partial charge in [-0.3, -0.25) is 4.79 Å². The van der Waals surface area contributed by atoms with Crippen molar-refractivity contribution in [1.82, 2.24) is 10.3 Å². The lowest BCUT2D eigenvalue weighted by Gasteiger charge is -2.20. The van der Waals surface area contributed by atoms with Crippen LogP contribution in [0.1, 0.15) is 24.3 Å². The number of nitrogens with zero attached hydrogens (tertiary/aromatic N) is 1. The summed E-state index contributed by atoms with van der Waals surface area (Å²) in [6.45, 7) is 3.86. The van der Waals surface area contributed by atoms with Crippen LogP contribution in [0, 0.1) is 12.8 Å². The SMILES string of the molecule is Cc1cccc2oc(CCNC(=O)C3CCCOC3)nc12. The highest BCUT2D eigenvalue weighted by atomic mass is 16.5. The zero-order valence-electron chi connectivity index (χ0n) is 12.2. The summed E-state index contributed by atoms with van der Waals surface area (Å²) in [4.78, 5) is 16.5. The van der Waals surface area contributed by atoms with Gasteiger partial charge in [0.15, 0.2) is 11.5 Å². The minimum absolute atomic E-state index is 0.00960. The van der Waals surface area contributed by atoms with Gasteiger partial charge in [-0.1, -0.05) is 12.1 Å². The Hall–Kier alpha value is -1.88. The molecule has 0 bridgehead atoms. The van der Waals surface area contributed by atoms with Gasteiger partial charge < -0.3 is 14.5 Å². The van der Waals surface area contributed by atoms with Crippen LogP contribution in [0.25, 0.3) is 11.1 Å². The fourth-order valence-corrected chi connectivity index (χ4v) is 2.62. The van der Waals surface area contributed by atoms with Crippen LogP contribution in [0.4, 0.5) is 0 Å². The number of hydrogen-bond donors (Lipinski definition) is 1. The maximum Gasteiger partial charge on any atom is 0.225 e. The van der Waals surface area contributed by atoms with E-state index in [2.05, 4.69) is 10.3 Å². The zero-order valence-corrected chi connectivity index (χ0v) is 12.2. The Labute approximate surface area is 123 Å². The average Bonchev–Trinajstić information content (AvgIpc) is 2.92. The number of rotatable bonds is 4. The van der Waals surface area contributed by atoms with Crippen LogP contribution in [0.3, 0.4) is 0 Å². The molecule has 1 aromatic heterocycles. The predicted octanol–water partition coefficient (Wildman–Crippen LogP) is 2.22. The molecule has 1 N–H and O–H groups in total. The Morgan fingerprint density at radius 3 is 3.14 bits per heavy atom. The van der Waals surface area contributed by atoms with Crippen molar-refractivity contribution in [3.05, 3.63) is 29.7 Å². The molecule has 3 rings (SSSR count). The first-order valence-corrected chi connectivity index (χ1v) is 7.44. The first-order chi connectivity index (χ1) is 10.2. The molecule has 5 nitrogen and oxygen atoms in total. The summed E-state index contributed by atoms with van der Waals surface area (Å²) in [5.41, 5.74) is 2.81. The van der Waals surface area contributed by atoms with Gasteiger partial charge in [0.2, 0.25) is 5.91 Å². The van der Waals surface area contributed by atoms with Crippen LogP contribution in [0.5, 0.6) is 0 Å². The summed E-state index contributed by atoms with van der Waals surface area (Å²) in [5, 5.41) is 2.94. The topological polar surface area (TPSA) is 64.4 Å². The lowest BCUT2D eigenvalue weighted by Crippen LogP contribution is -2.36. The second kappa shape index (κ2) is 6.26. The fraction of sp³-hybridized carbons (Fsp3) is 0.500. The van der Waals surface area contributed by atoms with E-state index in [1.807, 2.05) is 25.1 Å². The van der Waals surface area contributed by atoms with Gasteiger partial charge in [0.25, 0.3) is 0 Å². The van der Waals surface area contributed by atoms with Crippen molar-refractivity contribution in [3.63, 3.8) is 0 Å². The van der Waals surface area contributed by atoms with Crippen molar-refractivity contribution < 1.29 is 13.9 Å². The normalized spacial score (nSPS) is 18.8. The quantitative estimate of drug-likeness (QED) is 0.937. The first kappa shape index (κ1) is 14.1. The van der Waals surface area contributed by atoms with Gasteiger partial charge in [-0.2, -0.15) is 0 Å². The third-order valence-corrected chi connectivity index (χ3v) is 3.83. The smallest absolute Gasteiger partial charge is 0.225 e. The summed E-state index contributed by atoms with van der Waals surface area (Å²) < 4.78 is 11.0. The summed E-state index contributed by atoms with van der Waals surface area (Å²) in [5.74, 6) is 0.728. The Morgan fingerprint density at radius 2 is 2.38 bits per heavy atom. The number of nitrogens with one attached hydrogen (secondary N) is 1. The van der Waals surface area contributed by atoms with E-state index >= 15 is 0 Å². The lowest BCUT2D eigenvalue weighted by molar-refractivity contribution is -0.128.